The molecule has 1 atom stereocenters. The van der Waals surface area contributed by atoms with E-state index in [1.165, 1.54) is 0 Å². The number of halogens is 1. The number of piperidine rings is 1. The first-order valence-corrected chi connectivity index (χ1v) is 6.47. The highest BCUT2D eigenvalue weighted by Gasteiger charge is 2.24. The molecular formula is C11H19ClN2O3. The summed E-state index contributed by atoms with van der Waals surface area (Å²) in [5, 5.41) is 2.32. The monoisotopic (exact) mass is 262 g/mol. The fourth-order valence-corrected chi connectivity index (χ4v) is 2.01. The first kappa shape index (κ1) is 14.3. The highest BCUT2D eigenvalue weighted by atomic mass is 35.5. The minimum atomic E-state index is -0.343. The fourth-order valence-electron chi connectivity index (χ4n) is 1.84. The zero-order valence-corrected chi connectivity index (χ0v) is 10.8. The maximum absolute atomic E-state index is 11.7. The molecule has 0 radical (unpaired) electrons. The van der Waals surface area contributed by atoms with Gasteiger partial charge in [0.2, 0.25) is 5.91 Å². The smallest absolute Gasteiger partial charge is 0.324 e. The number of alkyl halides is 1. The van der Waals surface area contributed by atoms with Gasteiger partial charge in [-0.25, -0.2) is 4.79 Å². The Hall–Kier alpha value is -0.810. The summed E-state index contributed by atoms with van der Waals surface area (Å²) >= 11 is 5.42. The minimum absolute atomic E-state index is 0.0858. The molecule has 1 unspecified atom stereocenters. The first-order chi connectivity index (χ1) is 8.17. The van der Waals surface area contributed by atoms with Crippen LogP contribution in [0, 0.1) is 0 Å². The summed E-state index contributed by atoms with van der Waals surface area (Å²) in [6, 6.07) is -0.343. The molecule has 1 aliphatic heterocycles. The minimum Gasteiger partial charge on any atom is -0.377 e. The zero-order chi connectivity index (χ0) is 12.7. The number of nitrogens with one attached hydrogen (secondary N) is 1. The predicted octanol–water partition coefficient (Wildman–Crippen LogP) is 1.35. The third-order valence-corrected chi connectivity index (χ3v) is 2.82. The van der Waals surface area contributed by atoms with Crippen molar-refractivity contribution < 1.29 is 14.3 Å². The highest BCUT2D eigenvalue weighted by molar-refractivity contribution is 6.19. The van der Waals surface area contributed by atoms with Crippen LogP contribution in [0.1, 0.15) is 26.2 Å². The molecule has 0 bridgehead atoms. The van der Waals surface area contributed by atoms with E-state index in [-0.39, 0.29) is 30.3 Å². The molecule has 0 aromatic heterocycles. The summed E-state index contributed by atoms with van der Waals surface area (Å²) in [6.07, 6.45) is 2.12. The van der Waals surface area contributed by atoms with Gasteiger partial charge >= 0.3 is 6.03 Å². The quantitative estimate of drug-likeness (QED) is 0.778. The van der Waals surface area contributed by atoms with Crippen molar-refractivity contribution >= 4 is 23.5 Å². The third kappa shape index (κ3) is 4.91. The SMILES string of the molecule is CCOC1CCCN(C(=O)NC(=O)CCCl)C1. The van der Waals surface area contributed by atoms with Crippen LogP contribution in [0.15, 0.2) is 0 Å². The molecule has 0 saturated carbocycles. The lowest BCUT2D eigenvalue weighted by atomic mass is 10.1. The number of urea groups is 1. The van der Waals surface area contributed by atoms with E-state index in [0.717, 1.165) is 12.8 Å². The lowest BCUT2D eigenvalue weighted by Crippen LogP contribution is -2.49. The van der Waals surface area contributed by atoms with Crippen LogP contribution >= 0.6 is 11.6 Å². The highest BCUT2D eigenvalue weighted by Crippen LogP contribution is 2.13. The van der Waals surface area contributed by atoms with Crippen molar-refractivity contribution in [2.45, 2.75) is 32.3 Å². The second-order valence-electron chi connectivity index (χ2n) is 3.96. The Morgan fingerprint density at radius 1 is 1.53 bits per heavy atom. The molecule has 1 rings (SSSR count). The van der Waals surface area contributed by atoms with Crippen molar-refractivity contribution in [3.8, 4) is 0 Å². The summed E-state index contributed by atoms with van der Waals surface area (Å²) < 4.78 is 5.49. The van der Waals surface area contributed by atoms with Crippen LogP contribution in [-0.2, 0) is 9.53 Å². The summed E-state index contributed by atoms with van der Waals surface area (Å²) in [5.74, 6) is -0.107. The largest absolute Gasteiger partial charge is 0.377 e. The molecule has 1 heterocycles. The molecule has 1 aliphatic rings. The molecular weight excluding hydrogens is 244 g/mol. The van der Waals surface area contributed by atoms with Crippen LogP contribution in [0.25, 0.3) is 0 Å². The number of rotatable bonds is 4. The Morgan fingerprint density at radius 3 is 2.94 bits per heavy atom. The normalized spacial score (nSPS) is 20.1. The van der Waals surface area contributed by atoms with Crippen molar-refractivity contribution in [2.75, 3.05) is 25.6 Å². The summed E-state index contributed by atoms with van der Waals surface area (Å²) in [7, 11) is 0. The molecule has 1 N–H and O–H groups in total. The van der Waals surface area contributed by atoms with Crippen LogP contribution < -0.4 is 5.32 Å². The summed E-state index contributed by atoms with van der Waals surface area (Å²) in [6.45, 7) is 3.80. The molecule has 5 nitrogen and oxygen atoms in total. The van der Waals surface area contributed by atoms with Crippen molar-refractivity contribution in [2.24, 2.45) is 0 Å². The Bertz CT molecular complexity index is 271. The lowest BCUT2D eigenvalue weighted by molar-refractivity contribution is -0.119. The van der Waals surface area contributed by atoms with E-state index in [0.29, 0.717) is 19.7 Å². The van der Waals surface area contributed by atoms with Crippen molar-refractivity contribution in [3.63, 3.8) is 0 Å². The standard InChI is InChI=1S/C11H19ClN2O3/c1-2-17-9-4-3-7-14(8-9)11(16)13-10(15)5-6-12/h9H,2-8H2,1H3,(H,13,15,16). The van der Waals surface area contributed by atoms with Gasteiger partial charge in [-0.15, -0.1) is 11.6 Å². The number of amides is 3. The van der Waals surface area contributed by atoms with Gasteiger partial charge in [0.25, 0.3) is 0 Å². The number of carbonyl (C=O) groups is 2. The van der Waals surface area contributed by atoms with E-state index in [1.807, 2.05) is 6.92 Å². The summed E-state index contributed by atoms with van der Waals surface area (Å²) in [5.41, 5.74) is 0. The van der Waals surface area contributed by atoms with Crippen molar-refractivity contribution in [3.05, 3.63) is 0 Å². The van der Waals surface area contributed by atoms with Gasteiger partial charge in [0, 0.05) is 32.0 Å². The average molecular weight is 263 g/mol. The maximum Gasteiger partial charge on any atom is 0.324 e. The van der Waals surface area contributed by atoms with Gasteiger partial charge in [0.05, 0.1) is 6.10 Å². The number of likely N-dealkylation sites (tertiary alicyclic amines) is 1. The van der Waals surface area contributed by atoms with Crippen LogP contribution in [0.2, 0.25) is 0 Å². The van der Waals surface area contributed by atoms with Gasteiger partial charge in [0.1, 0.15) is 0 Å². The molecule has 17 heavy (non-hydrogen) atoms. The van der Waals surface area contributed by atoms with Gasteiger partial charge < -0.3 is 9.64 Å². The topological polar surface area (TPSA) is 58.6 Å². The molecule has 1 saturated heterocycles. The van der Waals surface area contributed by atoms with Gasteiger partial charge in [-0.1, -0.05) is 0 Å². The number of hydrogen-bond acceptors (Lipinski definition) is 3. The Balaban J connectivity index is 2.38. The van der Waals surface area contributed by atoms with Crippen LogP contribution in [0.4, 0.5) is 4.79 Å². The van der Waals surface area contributed by atoms with Crippen molar-refractivity contribution in [1.82, 2.24) is 10.2 Å². The first-order valence-electron chi connectivity index (χ1n) is 5.93. The van der Waals surface area contributed by atoms with E-state index in [1.54, 1.807) is 4.90 Å². The number of nitrogens with zero attached hydrogens (tertiary/aromatic N) is 1. The molecule has 3 amide bonds. The molecule has 0 aromatic rings. The van der Waals surface area contributed by atoms with Gasteiger partial charge in [-0.05, 0) is 19.8 Å². The van der Waals surface area contributed by atoms with Crippen LogP contribution in [0.3, 0.4) is 0 Å². The maximum atomic E-state index is 11.7. The van der Waals surface area contributed by atoms with E-state index in [2.05, 4.69) is 5.32 Å². The zero-order valence-electron chi connectivity index (χ0n) is 10.1. The second kappa shape index (κ2) is 7.50. The fraction of sp³-hybridized carbons (Fsp3) is 0.818. The lowest BCUT2D eigenvalue weighted by Gasteiger charge is -2.32. The van der Waals surface area contributed by atoms with Crippen molar-refractivity contribution in [1.29, 1.82) is 0 Å². The number of ether oxygens (including phenoxy) is 1. The van der Waals surface area contributed by atoms with Gasteiger partial charge in [0.15, 0.2) is 0 Å². The van der Waals surface area contributed by atoms with Gasteiger partial charge in [-0.2, -0.15) is 0 Å². The Kier molecular flexibility index (Phi) is 6.29. The molecule has 1 fully saturated rings. The van der Waals surface area contributed by atoms with E-state index >= 15 is 0 Å². The Labute approximate surface area is 106 Å². The van der Waals surface area contributed by atoms with E-state index in [4.69, 9.17) is 16.3 Å². The third-order valence-electron chi connectivity index (χ3n) is 2.64. The molecule has 98 valence electrons. The molecule has 6 heteroatoms. The number of hydrogen-bond donors (Lipinski definition) is 1. The molecule has 0 aliphatic carbocycles. The predicted molar refractivity (Wildman–Crippen MR) is 65.1 cm³/mol. The second-order valence-corrected chi connectivity index (χ2v) is 4.34. The summed E-state index contributed by atoms with van der Waals surface area (Å²) in [4.78, 5) is 24.6. The average Bonchev–Trinajstić information content (AvgIpc) is 2.30. The molecule has 0 spiro atoms. The number of imide groups is 1. The van der Waals surface area contributed by atoms with E-state index < -0.39 is 0 Å². The van der Waals surface area contributed by atoms with Gasteiger partial charge in [-0.3, -0.25) is 10.1 Å². The van der Waals surface area contributed by atoms with E-state index in [9.17, 15) is 9.59 Å². The molecule has 0 aromatic carbocycles. The van der Waals surface area contributed by atoms with Crippen LogP contribution in [0.5, 0.6) is 0 Å². The van der Waals surface area contributed by atoms with Crippen LogP contribution in [-0.4, -0.2) is 48.5 Å². The number of carbonyl (C=O) groups excluding carboxylic acids is 2. The Morgan fingerprint density at radius 2 is 2.29 bits per heavy atom.